The van der Waals surface area contributed by atoms with E-state index in [4.69, 9.17) is 4.74 Å². The van der Waals surface area contributed by atoms with Crippen molar-refractivity contribution in [1.82, 2.24) is 0 Å². The third-order valence-corrected chi connectivity index (χ3v) is 9.14. The maximum atomic E-state index is 12.4. The molecule has 0 bridgehead atoms. The highest BCUT2D eigenvalue weighted by Crippen LogP contribution is 2.62. The number of carbonyl (C=O) groups excluding carboxylic acids is 1. The quantitative estimate of drug-likeness (QED) is 0.442. The van der Waals surface area contributed by atoms with Crippen LogP contribution in [0.2, 0.25) is 0 Å². The summed E-state index contributed by atoms with van der Waals surface area (Å²) in [6.07, 6.45) is 12.5. The molecule has 29 heavy (non-hydrogen) atoms. The molecule has 4 atom stereocenters. The van der Waals surface area contributed by atoms with Gasteiger partial charge in [-0.05, 0) is 60.8 Å². The maximum absolute atomic E-state index is 12.4. The van der Waals surface area contributed by atoms with Crippen molar-refractivity contribution in [1.29, 1.82) is 0 Å². The molecule has 1 fully saturated rings. The Morgan fingerprint density at radius 1 is 1.28 bits per heavy atom. The van der Waals surface area contributed by atoms with Crippen LogP contribution in [0.25, 0.3) is 0 Å². The minimum atomic E-state index is -0.0485. The Labute approximate surface area is 183 Å². The number of hydrogen-bond acceptors (Lipinski definition) is 3. The van der Waals surface area contributed by atoms with Crippen LogP contribution < -0.4 is 0 Å². The maximum Gasteiger partial charge on any atom is 0.315 e. The fraction of sp³-hybridized carbons (Fsp3) is 0.808. The zero-order valence-corrected chi connectivity index (χ0v) is 20.6. The number of hydrogen-bond donors (Lipinski definition) is 0. The standard InChI is InChI=1S/C26H42O2S/c1-18(2)19-9-11-21-20(15-19)10-12-22-25(6,13-8-14-26(21,22)7)17-28-23(27)16-29-24(3,4)5/h10,15,18,21-22H,8-9,11-14,16-17H2,1-7H3/t21-,22-,25+,26-/m1/s1. The molecule has 0 amide bonds. The van der Waals surface area contributed by atoms with Crippen LogP contribution in [-0.2, 0) is 9.53 Å². The van der Waals surface area contributed by atoms with Gasteiger partial charge < -0.3 is 4.74 Å². The highest BCUT2D eigenvalue weighted by molar-refractivity contribution is 8.01. The van der Waals surface area contributed by atoms with E-state index in [9.17, 15) is 4.79 Å². The van der Waals surface area contributed by atoms with Crippen LogP contribution in [0.4, 0.5) is 0 Å². The van der Waals surface area contributed by atoms with E-state index in [0.29, 0.717) is 35.5 Å². The summed E-state index contributed by atoms with van der Waals surface area (Å²) in [5, 5.41) is 0. The van der Waals surface area contributed by atoms with E-state index in [0.717, 1.165) is 6.42 Å². The summed E-state index contributed by atoms with van der Waals surface area (Å²) in [6, 6.07) is 0. The molecule has 164 valence electrons. The van der Waals surface area contributed by atoms with Gasteiger partial charge in [0.05, 0.1) is 12.4 Å². The summed E-state index contributed by atoms with van der Waals surface area (Å²) >= 11 is 1.68. The fourth-order valence-electron chi connectivity index (χ4n) is 6.21. The van der Waals surface area contributed by atoms with Crippen molar-refractivity contribution in [3.8, 4) is 0 Å². The van der Waals surface area contributed by atoms with Crippen molar-refractivity contribution in [2.45, 2.75) is 91.7 Å². The normalized spacial score (nSPS) is 34.8. The van der Waals surface area contributed by atoms with E-state index < -0.39 is 0 Å². The lowest BCUT2D eigenvalue weighted by molar-refractivity contribution is -0.150. The molecule has 1 saturated carbocycles. The molecule has 0 saturated heterocycles. The van der Waals surface area contributed by atoms with Gasteiger partial charge in [0, 0.05) is 10.2 Å². The van der Waals surface area contributed by atoms with Crippen molar-refractivity contribution >= 4 is 17.7 Å². The van der Waals surface area contributed by atoms with E-state index in [2.05, 4.69) is 60.6 Å². The van der Waals surface area contributed by atoms with Crippen LogP contribution >= 0.6 is 11.8 Å². The average Bonchev–Trinajstić information content (AvgIpc) is 2.63. The third kappa shape index (κ3) is 4.97. The predicted octanol–water partition coefficient (Wildman–Crippen LogP) is 7.20. The molecule has 0 unspecified atom stereocenters. The molecule has 0 spiro atoms. The number of carbonyl (C=O) groups is 1. The summed E-state index contributed by atoms with van der Waals surface area (Å²) in [5.41, 5.74) is 3.65. The Kier molecular flexibility index (Phi) is 6.69. The van der Waals surface area contributed by atoms with E-state index in [-0.39, 0.29) is 16.1 Å². The first-order valence-corrected chi connectivity index (χ1v) is 12.6. The monoisotopic (exact) mass is 418 g/mol. The van der Waals surface area contributed by atoms with Gasteiger partial charge in [-0.1, -0.05) is 72.6 Å². The number of ether oxygens (including phenoxy) is 1. The molecule has 3 aliphatic rings. The Bertz CT molecular complexity index is 683. The molecule has 2 nitrogen and oxygen atoms in total. The highest BCUT2D eigenvalue weighted by Gasteiger charge is 2.54. The Hall–Kier alpha value is -0.700. The predicted molar refractivity (Wildman–Crippen MR) is 125 cm³/mol. The molecular weight excluding hydrogens is 376 g/mol. The Morgan fingerprint density at radius 2 is 2.00 bits per heavy atom. The van der Waals surface area contributed by atoms with Crippen molar-refractivity contribution in [3.63, 3.8) is 0 Å². The van der Waals surface area contributed by atoms with Gasteiger partial charge in [0.1, 0.15) is 0 Å². The van der Waals surface area contributed by atoms with E-state index in [1.165, 1.54) is 32.1 Å². The second-order valence-electron chi connectivity index (χ2n) is 11.5. The van der Waals surface area contributed by atoms with E-state index in [1.807, 2.05) is 0 Å². The summed E-state index contributed by atoms with van der Waals surface area (Å²) in [6.45, 7) is 16.6. The minimum Gasteiger partial charge on any atom is -0.464 e. The Morgan fingerprint density at radius 3 is 2.66 bits per heavy atom. The number of esters is 1. The van der Waals surface area contributed by atoms with Gasteiger partial charge in [-0.25, -0.2) is 0 Å². The lowest BCUT2D eigenvalue weighted by Crippen LogP contribution is -2.51. The smallest absolute Gasteiger partial charge is 0.315 e. The third-order valence-electron chi connectivity index (χ3n) is 7.89. The largest absolute Gasteiger partial charge is 0.464 e. The van der Waals surface area contributed by atoms with Gasteiger partial charge >= 0.3 is 5.97 Å². The molecule has 0 radical (unpaired) electrons. The van der Waals surface area contributed by atoms with Gasteiger partial charge in [-0.2, -0.15) is 0 Å². The summed E-state index contributed by atoms with van der Waals surface area (Å²) in [7, 11) is 0. The number of thioether (sulfide) groups is 1. The zero-order valence-electron chi connectivity index (χ0n) is 19.8. The number of fused-ring (bicyclic) bond motifs is 3. The van der Waals surface area contributed by atoms with Gasteiger partial charge in [0.25, 0.3) is 0 Å². The van der Waals surface area contributed by atoms with Crippen molar-refractivity contribution in [2.75, 3.05) is 12.4 Å². The van der Waals surface area contributed by atoms with E-state index in [1.54, 1.807) is 22.9 Å². The van der Waals surface area contributed by atoms with Crippen LogP contribution in [0.1, 0.15) is 87.0 Å². The van der Waals surface area contributed by atoms with Crippen LogP contribution in [0.5, 0.6) is 0 Å². The number of rotatable bonds is 5. The summed E-state index contributed by atoms with van der Waals surface area (Å²) in [5.74, 6) is 2.35. The lowest BCUT2D eigenvalue weighted by atomic mass is 9.47. The van der Waals surface area contributed by atoms with Crippen molar-refractivity contribution in [2.24, 2.45) is 28.6 Å². The zero-order chi connectivity index (χ0) is 21.4. The number of allylic oxidation sites excluding steroid dienone is 4. The second kappa shape index (κ2) is 8.44. The minimum absolute atomic E-state index is 0.0485. The molecule has 3 aliphatic carbocycles. The lowest BCUT2D eigenvalue weighted by Gasteiger charge is -2.58. The first kappa shape index (κ1) is 23.0. The molecule has 0 aromatic heterocycles. The molecular formula is C26H42O2S. The van der Waals surface area contributed by atoms with Crippen LogP contribution in [0.15, 0.2) is 23.3 Å². The van der Waals surface area contributed by atoms with Gasteiger partial charge in [0.15, 0.2) is 0 Å². The van der Waals surface area contributed by atoms with Crippen molar-refractivity contribution in [3.05, 3.63) is 23.3 Å². The van der Waals surface area contributed by atoms with Gasteiger partial charge in [-0.3, -0.25) is 4.79 Å². The molecule has 0 heterocycles. The molecule has 0 N–H and O–H groups in total. The van der Waals surface area contributed by atoms with Gasteiger partial charge in [-0.15, -0.1) is 11.8 Å². The van der Waals surface area contributed by atoms with Crippen LogP contribution in [0, 0.1) is 28.6 Å². The van der Waals surface area contributed by atoms with Crippen molar-refractivity contribution < 1.29 is 9.53 Å². The highest BCUT2D eigenvalue weighted by atomic mass is 32.2. The topological polar surface area (TPSA) is 26.3 Å². The van der Waals surface area contributed by atoms with Crippen LogP contribution in [-0.4, -0.2) is 23.1 Å². The molecule has 3 heteroatoms. The van der Waals surface area contributed by atoms with Crippen LogP contribution in [0.3, 0.4) is 0 Å². The summed E-state index contributed by atoms with van der Waals surface area (Å²) < 4.78 is 5.96. The SMILES string of the molecule is CC(C)C1=CC2=CC[C@@H]3[C@](C)(COC(=O)CSC(C)(C)C)CCC[C@]3(C)[C@@H]2CC1. The van der Waals surface area contributed by atoms with E-state index >= 15 is 0 Å². The Balaban J connectivity index is 1.72. The molecule has 3 rings (SSSR count). The first-order chi connectivity index (χ1) is 13.4. The fourth-order valence-corrected chi connectivity index (χ4v) is 6.84. The second-order valence-corrected chi connectivity index (χ2v) is 13.3. The molecule has 0 aromatic carbocycles. The average molecular weight is 419 g/mol. The van der Waals surface area contributed by atoms with Gasteiger partial charge in [0.2, 0.25) is 0 Å². The molecule has 0 aromatic rings. The molecule has 0 aliphatic heterocycles. The summed E-state index contributed by atoms with van der Waals surface area (Å²) in [4.78, 5) is 12.4. The first-order valence-electron chi connectivity index (χ1n) is 11.6.